The van der Waals surface area contributed by atoms with E-state index in [4.69, 9.17) is 4.74 Å². The van der Waals surface area contributed by atoms with Gasteiger partial charge in [-0.1, -0.05) is 42.5 Å². The number of rotatable bonds is 6. The van der Waals surface area contributed by atoms with Crippen molar-refractivity contribution in [2.75, 3.05) is 20.2 Å². The third-order valence-electron chi connectivity index (χ3n) is 6.85. The van der Waals surface area contributed by atoms with Crippen LogP contribution < -0.4 is 9.46 Å². The van der Waals surface area contributed by atoms with E-state index in [1.165, 1.54) is 24.5 Å². The first kappa shape index (κ1) is 21.9. The normalized spacial score (nSPS) is 18.4. The molecular formula is C26H28N2O4S. The van der Waals surface area contributed by atoms with Crippen LogP contribution in [0.2, 0.25) is 0 Å². The lowest BCUT2D eigenvalue weighted by Gasteiger charge is -2.20. The molecule has 0 radical (unpaired) electrons. The van der Waals surface area contributed by atoms with Crippen LogP contribution in [-0.4, -0.2) is 39.4 Å². The van der Waals surface area contributed by atoms with E-state index in [1.54, 1.807) is 25.3 Å². The first-order valence-electron chi connectivity index (χ1n) is 11.4. The molecule has 1 fully saturated rings. The van der Waals surface area contributed by atoms with Gasteiger partial charge in [0.05, 0.1) is 17.9 Å². The zero-order valence-electron chi connectivity index (χ0n) is 18.7. The van der Waals surface area contributed by atoms with Crippen LogP contribution in [0.3, 0.4) is 0 Å². The Kier molecular flexibility index (Phi) is 5.85. The summed E-state index contributed by atoms with van der Waals surface area (Å²) >= 11 is 0. The molecule has 0 spiro atoms. The molecule has 7 heteroatoms. The number of amides is 1. The summed E-state index contributed by atoms with van der Waals surface area (Å²) in [6.45, 7) is 3.04. The average Bonchev–Trinajstić information content (AvgIpc) is 3.49. The maximum atomic E-state index is 13.3. The third-order valence-corrected chi connectivity index (χ3v) is 8.25. The molecular weight excluding hydrogens is 436 g/mol. The quantitative estimate of drug-likeness (QED) is 0.597. The molecule has 0 saturated carbocycles. The molecule has 0 bridgehead atoms. The van der Waals surface area contributed by atoms with Crippen molar-refractivity contribution in [3.8, 4) is 5.75 Å². The highest BCUT2D eigenvalue weighted by molar-refractivity contribution is 7.90. The summed E-state index contributed by atoms with van der Waals surface area (Å²) in [4.78, 5) is 15.8. The molecule has 1 saturated heterocycles. The number of carbonyl (C=O) groups excluding carboxylic acids is 1. The summed E-state index contributed by atoms with van der Waals surface area (Å²) in [5.41, 5.74) is 3.17. The molecule has 6 nitrogen and oxygen atoms in total. The van der Waals surface area contributed by atoms with Crippen molar-refractivity contribution in [3.63, 3.8) is 0 Å². The molecule has 1 amide bonds. The smallest absolute Gasteiger partial charge is 0.264 e. The number of carbonyl (C=O) groups is 1. The van der Waals surface area contributed by atoms with Gasteiger partial charge >= 0.3 is 0 Å². The van der Waals surface area contributed by atoms with E-state index in [9.17, 15) is 13.2 Å². The number of sulfonamides is 1. The van der Waals surface area contributed by atoms with Gasteiger partial charge in [0.15, 0.2) is 0 Å². The van der Waals surface area contributed by atoms with Crippen LogP contribution in [0.1, 0.15) is 41.9 Å². The van der Waals surface area contributed by atoms with Gasteiger partial charge in [-0.3, -0.25) is 9.69 Å². The van der Waals surface area contributed by atoms with Gasteiger partial charge in [-0.25, -0.2) is 13.1 Å². The van der Waals surface area contributed by atoms with E-state index in [2.05, 4.69) is 15.7 Å². The highest BCUT2D eigenvalue weighted by Gasteiger charge is 2.36. The Hall–Kier alpha value is -2.90. The Labute approximate surface area is 194 Å². The summed E-state index contributed by atoms with van der Waals surface area (Å²) in [6.07, 6.45) is 3.74. The van der Waals surface area contributed by atoms with Crippen molar-refractivity contribution in [2.45, 2.75) is 43.0 Å². The van der Waals surface area contributed by atoms with Gasteiger partial charge in [0, 0.05) is 17.5 Å². The lowest BCUT2D eigenvalue weighted by atomic mass is 9.96. The molecule has 1 unspecified atom stereocenters. The number of benzene rings is 3. The fourth-order valence-electron chi connectivity index (χ4n) is 5.26. The fraction of sp³-hybridized carbons (Fsp3) is 0.346. The first-order chi connectivity index (χ1) is 16.0. The molecule has 1 atom stereocenters. The van der Waals surface area contributed by atoms with Crippen molar-refractivity contribution in [2.24, 2.45) is 0 Å². The lowest BCUT2D eigenvalue weighted by molar-refractivity contribution is -0.120. The van der Waals surface area contributed by atoms with Crippen LogP contribution in [0.25, 0.3) is 10.8 Å². The van der Waals surface area contributed by atoms with Gasteiger partial charge in [0.25, 0.3) is 10.0 Å². The first-order valence-corrected chi connectivity index (χ1v) is 12.9. The van der Waals surface area contributed by atoms with Gasteiger partial charge in [0.1, 0.15) is 5.75 Å². The number of likely N-dealkylation sites (tertiary alicyclic amines) is 1. The van der Waals surface area contributed by atoms with Crippen molar-refractivity contribution in [3.05, 3.63) is 71.3 Å². The molecule has 1 aliphatic carbocycles. The number of hydrogen-bond donors (Lipinski definition) is 1. The largest absolute Gasteiger partial charge is 0.496 e. The molecule has 0 aromatic heterocycles. The van der Waals surface area contributed by atoms with E-state index >= 15 is 0 Å². The van der Waals surface area contributed by atoms with Crippen molar-refractivity contribution in [1.29, 1.82) is 0 Å². The molecule has 5 rings (SSSR count). The number of fused-ring (bicyclic) bond motifs is 2. The van der Waals surface area contributed by atoms with Gasteiger partial charge in [-0.15, -0.1) is 0 Å². The number of nitrogens with zero attached hydrogens (tertiary/aromatic N) is 1. The SMILES string of the molecule is COc1ccc(CN2CCCC2)c2c1C(C(=O)NS(=O)(=O)c1cccc3ccccc13)CC2. The van der Waals surface area contributed by atoms with Gasteiger partial charge in [-0.2, -0.15) is 0 Å². The van der Waals surface area contributed by atoms with Crippen molar-refractivity contribution >= 4 is 26.7 Å². The second kappa shape index (κ2) is 8.80. The molecule has 1 N–H and O–H groups in total. The summed E-state index contributed by atoms with van der Waals surface area (Å²) in [5, 5.41) is 1.41. The van der Waals surface area contributed by atoms with E-state index in [1.807, 2.05) is 24.3 Å². The minimum atomic E-state index is -4.02. The maximum Gasteiger partial charge on any atom is 0.264 e. The Morgan fingerprint density at radius 1 is 1.06 bits per heavy atom. The van der Waals surface area contributed by atoms with Crippen LogP contribution in [-0.2, 0) is 27.8 Å². The molecule has 172 valence electrons. The van der Waals surface area contributed by atoms with Crippen LogP contribution in [0.15, 0.2) is 59.5 Å². The Balaban J connectivity index is 1.45. The zero-order valence-corrected chi connectivity index (χ0v) is 19.5. The maximum absolute atomic E-state index is 13.3. The molecule has 1 heterocycles. The summed E-state index contributed by atoms with van der Waals surface area (Å²) in [5.74, 6) is -0.410. The van der Waals surface area contributed by atoms with E-state index in [-0.39, 0.29) is 4.90 Å². The highest BCUT2D eigenvalue weighted by atomic mass is 32.2. The van der Waals surface area contributed by atoms with Crippen molar-refractivity contribution in [1.82, 2.24) is 9.62 Å². The summed E-state index contributed by atoms with van der Waals surface area (Å²) < 4.78 is 34.4. The number of hydrogen-bond acceptors (Lipinski definition) is 5. The Morgan fingerprint density at radius 2 is 1.82 bits per heavy atom. The Morgan fingerprint density at radius 3 is 2.61 bits per heavy atom. The predicted molar refractivity (Wildman–Crippen MR) is 128 cm³/mol. The second-order valence-corrected chi connectivity index (χ2v) is 10.5. The molecule has 33 heavy (non-hydrogen) atoms. The van der Waals surface area contributed by atoms with Crippen LogP contribution in [0.4, 0.5) is 0 Å². The Bertz CT molecular complexity index is 1310. The number of methoxy groups -OCH3 is 1. The van der Waals surface area contributed by atoms with Crippen LogP contribution >= 0.6 is 0 Å². The van der Waals surface area contributed by atoms with Gasteiger partial charge in [0.2, 0.25) is 5.91 Å². The van der Waals surface area contributed by atoms with Crippen molar-refractivity contribution < 1.29 is 17.9 Å². The minimum absolute atomic E-state index is 0.113. The highest BCUT2D eigenvalue weighted by Crippen LogP contribution is 2.42. The summed E-state index contributed by atoms with van der Waals surface area (Å²) in [7, 11) is -2.43. The fourth-order valence-corrected chi connectivity index (χ4v) is 6.51. The number of ether oxygens (including phenoxy) is 1. The molecule has 3 aromatic carbocycles. The molecule has 3 aromatic rings. The van der Waals surface area contributed by atoms with Crippen LogP contribution in [0.5, 0.6) is 5.75 Å². The average molecular weight is 465 g/mol. The lowest BCUT2D eigenvalue weighted by Crippen LogP contribution is -2.34. The van der Waals surface area contributed by atoms with Crippen LogP contribution in [0, 0.1) is 0 Å². The van der Waals surface area contributed by atoms with E-state index in [0.717, 1.165) is 42.6 Å². The molecule has 1 aliphatic heterocycles. The third kappa shape index (κ3) is 4.11. The monoisotopic (exact) mass is 464 g/mol. The van der Waals surface area contributed by atoms with E-state index < -0.39 is 21.8 Å². The second-order valence-electron chi connectivity index (χ2n) is 8.84. The number of nitrogens with one attached hydrogen (secondary N) is 1. The summed E-state index contributed by atoms with van der Waals surface area (Å²) in [6, 6.07) is 16.4. The van der Waals surface area contributed by atoms with E-state index in [0.29, 0.717) is 17.6 Å². The topological polar surface area (TPSA) is 75.7 Å². The van der Waals surface area contributed by atoms with Gasteiger partial charge < -0.3 is 4.74 Å². The molecule has 2 aliphatic rings. The van der Waals surface area contributed by atoms with Gasteiger partial charge in [-0.05, 0) is 67.4 Å². The standard InChI is InChI=1S/C26H28N2O4S/c1-32-23-14-11-19(17-28-15-4-5-16-28)21-12-13-22(25(21)23)26(29)27-33(30,31)24-10-6-8-18-7-2-3-9-20(18)24/h2-3,6-11,14,22H,4-5,12-13,15-17H2,1H3,(H,27,29). The zero-order chi connectivity index (χ0) is 23.0. The predicted octanol–water partition coefficient (Wildman–Crippen LogP) is 3.98. The minimum Gasteiger partial charge on any atom is -0.496 e.